The fraction of sp³-hybridized carbons (Fsp3) is 0.286. The molecule has 2 aromatic rings. The monoisotopic (exact) mass is 258 g/mol. The van der Waals surface area contributed by atoms with Gasteiger partial charge in [0, 0.05) is 35.4 Å². The van der Waals surface area contributed by atoms with E-state index in [0.29, 0.717) is 25.1 Å². The molecule has 19 heavy (non-hydrogen) atoms. The Balaban J connectivity index is 2.21. The maximum absolute atomic E-state index is 10.7. The second-order valence-electron chi connectivity index (χ2n) is 4.58. The predicted molar refractivity (Wildman–Crippen MR) is 77.8 cm³/mol. The van der Waals surface area contributed by atoms with E-state index in [9.17, 15) is 4.79 Å². The van der Waals surface area contributed by atoms with Gasteiger partial charge in [-0.15, -0.1) is 0 Å². The number of benzene rings is 1. The molecule has 5 nitrogen and oxygen atoms in total. The fourth-order valence-corrected chi connectivity index (χ4v) is 2.01. The van der Waals surface area contributed by atoms with Crippen LogP contribution >= 0.6 is 0 Å². The Morgan fingerprint density at radius 3 is 2.89 bits per heavy atom. The van der Waals surface area contributed by atoms with Crippen molar-refractivity contribution in [1.29, 1.82) is 0 Å². The Kier molecular flexibility index (Phi) is 3.85. The van der Waals surface area contributed by atoms with Gasteiger partial charge in [0.1, 0.15) is 0 Å². The molecule has 0 aliphatic carbocycles. The van der Waals surface area contributed by atoms with Gasteiger partial charge in [-0.25, -0.2) is 0 Å². The van der Waals surface area contributed by atoms with Crippen molar-refractivity contribution < 1.29 is 4.79 Å². The number of nitrogens with two attached hydrogens (primary N) is 2. The van der Waals surface area contributed by atoms with Crippen molar-refractivity contribution in [3.05, 3.63) is 30.0 Å². The normalized spacial score (nSPS) is 10.6. The summed E-state index contributed by atoms with van der Waals surface area (Å²) in [5.74, 6) is -0.276. The number of carbonyl (C=O) groups excluding carboxylic acids is 1. The lowest BCUT2D eigenvalue weighted by Crippen LogP contribution is -2.12. The third-order valence-corrected chi connectivity index (χ3v) is 2.88. The number of nitrogen functional groups attached to an aromatic ring is 1. The van der Waals surface area contributed by atoms with Crippen LogP contribution in [0.15, 0.2) is 24.3 Å². The Morgan fingerprint density at radius 1 is 1.37 bits per heavy atom. The summed E-state index contributed by atoms with van der Waals surface area (Å²) in [5.41, 5.74) is 14.5. The van der Waals surface area contributed by atoms with E-state index in [1.165, 1.54) is 0 Å². The molecule has 1 heterocycles. The summed E-state index contributed by atoms with van der Waals surface area (Å²) in [6.45, 7) is 2.64. The third kappa shape index (κ3) is 3.34. The van der Waals surface area contributed by atoms with Crippen LogP contribution in [0.5, 0.6) is 0 Å². The van der Waals surface area contributed by atoms with Crippen molar-refractivity contribution >= 4 is 28.2 Å². The smallest absolute Gasteiger partial charge is 0.217 e. The van der Waals surface area contributed by atoms with Crippen LogP contribution in [0.4, 0.5) is 11.4 Å². The van der Waals surface area contributed by atoms with E-state index in [0.717, 1.165) is 22.3 Å². The molecule has 1 amide bonds. The summed E-state index contributed by atoms with van der Waals surface area (Å²) in [5, 5.41) is 4.30. The zero-order chi connectivity index (χ0) is 13.8. The average molecular weight is 258 g/mol. The lowest BCUT2D eigenvalue weighted by atomic mass is 10.1. The van der Waals surface area contributed by atoms with E-state index < -0.39 is 0 Å². The van der Waals surface area contributed by atoms with Crippen LogP contribution in [0.25, 0.3) is 10.9 Å². The minimum Gasteiger partial charge on any atom is -0.399 e. The summed E-state index contributed by atoms with van der Waals surface area (Å²) in [7, 11) is 0. The van der Waals surface area contributed by atoms with Crippen molar-refractivity contribution in [3.63, 3.8) is 0 Å². The molecule has 1 aromatic carbocycles. The summed E-state index contributed by atoms with van der Waals surface area (Å²) in [6, 6.07) is 7.63. The van der Waals surface area contributed by atoms with E-state index in [2.05, 4.69) is 10.3 Å². The van der Waals surface area contributed by atoms with Gasteiger partial charge in [0.25, 0.3) is 0 Å². The van der Waals surface area contributed by atoms with Gasteiger partial charge in [-0.2, -0.15) is 0 Å². The maximum atomic E-state index is 10.7. The quantitative estimate of drug-likeness (QED) is 0.563. The minimum absolute atomic E-state index is 0.276. The van der Waals surface area contributed by atoms with Crippen molar-refractivity contribution in [1.82, 2.24) is 4.98 Å². The van der Waals surface area contributed by atoms with E-state index in [-0.39, 0.29) is 5.91 Å². The van der Waals surface area contributed by atoms with Crippen LogP contribution in [-0.4, -0.2) is 17.4 Å². The standard InChI is InChI=1S/C14H18N4O/c1-9-7-13(17-6-2-3-14(16)19)11-8-10(15)4-5-12(11)18-9/h4-5,7-8H,2-3,6,15H2,1H3,(H2,16,19)(H,17,18). The van der Waals surface area contributed by atoms with Crippen LogP contribution < -0.4 is 16.8 Å². The molecule has 5 heteroatoms. The second kappa shape index (κ2) is 5.56. The number of nitrogens with zero attached hydrogens (tertiary/aromatic N) is 1. The molecule has 0 spiro atoms. The number of hydrogen-bond donors (Lipinski definition) is 3. The Morgan fingerprint density at radius 2 is 2.16 bits per heavy atom. The topological polar surface area (TPSA) is 94.0 Å². The second-order valence-corrected chi connectivity index (χ2v) is 4.58. The van der Waals surface area contributed by atoms with E-state index in [1.54, 1.807) is 0 Å². The number of pyridine rings is 1. The van der Waals surface area contributed by atoms with Crippen molar-refractivity contribution in [2.24, 2.45) is 5.73 Å². The highest BCUT2D eigenvalue weighted by Gasteiger charge is 2.04. The highest BCUT2D eigenvalue weighted by molar-refractivity contribution is 5.93. The largest absolute Gasteiger partial charge is 0.399 e. The highest BCUT2D eigenvalue weighted by atomic mass is 16.1. The van der Waals surface area contributed by atoms with Gasteiger partial charge in [-0.3, -0.25) is 9.78 Å². The Labute approximate surface area is 112 Å². The summed E-state index contributed by atoms with van der Waals surface area (Å²) >= 11 is 0. The molecule has 0 aliphatic heterocycles. The first kappa shape index (κ1) is 13.1. The number of aromatic nitrogens is 1. The van der Waals surface area contributed by atoms with Crippen molar-refractivity contribution in [2.45, 2.75) is 19.8 Å². The molecule has 0 unspecified atom stereocenters. The number of amides is 1. The van der Waals surface area contributed by atoms with Gasteiger partial charge in [-0.1, -0.05) is 0 Å². The van der Waals surface area contributed by atoms with Crippen LogP contribution in [0.3, 0.4) is 0 Å². The molecule has 2 rings (SSSR count). The molecule has 5 N–H and O–H groups in total. The highest BCUT2D eigenvalue weighted by Crippen LogP contribution is 2.25. The molecule has 0 saturated heterocycles. The minimum atomic E-state index is -0.276. The molecular weight excluding hydrogens is 240 g/mol. The number of hydrogen-bond acceptors (Lipinski definition) is 4. The zero-order valence-corrected chi connectivity index (χ0v) is 10.9. The van der Waals surface area contributed by atoms with E-state index >= 15 is 0 Å². The van der Waals surface area contributed by atoms with Gasteiger partial charge < -0.3 is 16.8 Å². The van der Waals surface area contributed by atoms with Crippen LogP contribution in [0.2, 0.25) is 0 Å². The van der Waals surface area contributed by atoms with Gasteiger partial charge >= 0.3 is 0 Å². The Hall–Kier alpha value is -2.30. The van der Waals surface area contributed by atoms with E-state index in [4.69, 9.17) is 11.5 Å². The SMILES string of the molecule is Cc1cc(NCCCC(N)=O)c2cc(N)ccc2n1. The number of fused-ring (bicyclic) bond motifs is 1. The van der Waals surface area contributed by atoms with Crippen LogP contribution in [0, 0.1) is 6.92 Å². The molecule has 0 radical (unpaired) electrons. The molecule has 0 bridgehead atoms. The average Bonchev–Trinajstić information content (AvgIpc) is 2.35. The first-order chi connectivity index (χ1) is 9.06. The number of primary amides is 1. The van der Waals surface area contributed by atoms with Gasteiger partial charge in [0.2, 0.25) is 5.91 Å². The summed E-state index contributed by atoms with van der Waals surface area (Å²) in [4.78, 5) is 15.2. The van der Waals surface area contributed by atoms with Crippen molar-refractivity contribution in [2.75, 3.05) is 17.6 Å². The molecule has 0 atom stereocenters. The first-order valence-electron chi connectivity index (χ1n) is 6.25. The predicted octanol–water partition coefficient (Wildman–Crippen LogP) is 1.80. The molecule has 1 aromatic heterocycles. The number of carbonyl (C=O) groups is 1. The number of nitrogens with one attached hydrogen (secondary N) is 1. The van der Waals surface area contributed by atoms with Crippen LogP contribution in [0.1, 0.15) is 18.5 Å². The number of rotatable bonds is 5. The van der Waals surface area contributed by atoms with Gasteiger partial charge in [-0.05, 0) is 37.6 Å². The summed E-state index contributed by atoms with van der Waals surface area (Å²) in [6.07, 6.45) is 1.09. The zero-order valence-electron chi connectivity index (χ0n) is 10.9. The maximum Gasteiger partial charge on any atom is 0.217 e. The molecule has 100 valence electrons. The first-order valence-corrected chi connectivity index (χ1v) is 6.25. The Bertz CT molecular complexity index is 610. The lowest BCUT2D eigenvalue weighted by molar-refractivity contribution is -0.118. The molecule has 0 aliphatic rings. The van der Waals surface area contributed by atoms with Gasteiger partial charge in [0.05, 0.1) is 5.52 Å². The third-order valence-electron chi connectivity index (χ3n) is 2.88. The fourth-order valence-electron chi connectivity index (χ4n) is 2.01. The van der Waals surface area contributed by atoms with Crippen molar-refractivity contribution in [3.8, 4) is 0 Å². The van der Waals surface area contributed by atoms with Crippen LogP contribution in [-0.2, 0) is 4.79 Å². The summed E-state index contributed by atoms with van der Waals surface area (Å²) < 4.78 is 0. The van der Waals surface area contributed by atoms with E-state index in [1.807, 2.05) is 31.2 Å². The number of anilines is 2. The molecule has 0 fully saturated rings. The molecular formula is C14H18N4O. The lowest BCUT2D eigenvalue weighted by Gasteiger charge is -2.11. The molecule has 0 saturated carbocycles. The van der Waals surface area contributed by atoms with Gasteiger partial charge in [0.15, 0.2) is 0 Å². The number of aryl methyl sites for hydroxylation is 1.